The van der Waals surface area contributed by atoms with Crippen molar-refractivity contribution in [1.29, 1.82) is 0 Å². The first-order chi connectivity index (χ1) is 8.84. The molecule has 0 nitrogen and oxygen atoms in total. The Morgan fingerprint density at radius 1 is 0.842 bits per heavy atom. The lowest BCUT2D eigenvalue weighted by atomic mass is 9.94. The van der Waals surface area contributed by atoms with Crippen molar-refractivity contribution in [1.82, 2.24) is 0 Å². The van der Waals surface area contributed by atoms with Gasteiger partial charge >= 0.3 is 0 Å². The van der Waals surface area contributed by atoms with Crippen LogP contribution in [0.5, 0.6) is 0 Å². The van der Waals surface area contributed by atoms with Crippen molar-refractivity contribution < 1.29 is 0 Å². The van der Waals surface area contributed by atoms with Gasteiger partial charge in [0, 0.05) is 19.2 Å². The van der Waals surface area contributed by atoms with Crippen LogP contribution >= 0.6 is 22.7 Å². The van der Waals surface area contributed by atoms with Gasteiger partial charge in [0.2, 0.25) is 0 Å². The minimum absolute atomic E-state index is 0.250. The molecule has 2 heterocycles. The summed E-state index contributed by atoms with van der Waals surface area (Å²) in [6, 6.07) is 9.47. The zero-order chi connectivity index (χ0) is 13.8. The van der Waals surface area contributed by atoms with Gasteiger partial charge in [0.1, 0.15) is 0 Å². The maximum atomic E-state index is 2.37. The molecule has 3 rings (SSSR count). The molecular formula is C17H20S2. The molecule has 0 radical (unpaired) electrons. The van der Waals surface area contributed by atoms with E-state index in [1.807, 2.05) is 22.7 Å². The molecule has 0 fully saturated rings. The van der Waals surface area contributed by atoms with Crippen LogP contribution in [0, 0.1) is 0 Å². The van der Waals surface area contributed by atoms with Crippen LogP contribution in [0.25, 0.3) is 20.2 Å². The second-order valence-electron chi connectivity index (χ2n) is 6.59. The first-order valence-electron chi connectivity index (χ1n) is 6.82. The zero-order valence-corrected chi connectivity index (χ0v) is 13.8. The Bertz CT molecular complexity index is 685. The number of thiophene rings is 2. The van der Waals surface area contributed by atoms with Crippen LogP contribution in [-0.4, -0.2) is 0 Å². The Hall–Kier alpha value is -0.860. The molecule has 0 atom stereocenters. The monoisotopic (exact) mass is 288 g/mol. The summed E-state index contributed by atoms with van der Waals surface area (Å²) < 4.78 is 2.85. The topological polar surface area (TPSA) is 0 Å². The van der Waals surface area contributed by atoms with Crippen LogP contribution in [0.3, 0.4) is 0 Å². The van der Waals surface area contributed by atoms with Crippen molar-refractivity contribution in [2.75, 3.05) is 0 Å². The number of hydrogen-bond acceptors (Lipinski definition) is 2. The Balaban J connectivity index is 2.21. The SMILES string of the molecule is CC(C)c1cc2cc3sc(C(C)(C)C)cc3cc2s1. The van der Waals surface area contributed by atoms with E-state index in [1.54, 1.807) is 0 Å². The Morgan fingerprint density at radius 3 is 2.00 bits per heavy atom. The van der Waals surface area contributed by atoms with Gasteiger partial charge in [-0.15, -0.1) is 22.7 Å². The number of hydrogen-bond donors (Lipinski definition) is 0. The van der Waals surface area contributed by atoms with Gasteiger partial charge < -0.3 is 0 Å². The van der Waals surface area contributed by atoms with Gasteiger partial charge in [-0.2, -0.15) is 0 Å². The van der Waals surface area contributed by atoms with Crippen LogP contribution < -0.4 is 0 Å². The highest BCUT2D eigenvalue weighted by molar-refractivity contribution is 7.20. The van der Waals surface area contributed by atoms with Gasteiger partial charge in [-0.25, -0.2) is 0 Å². The first kappa shape index (κ1) is 13.1. The fourth-order valence-electron chi connectivity index (χ4n) is 2.25. The van der Waals surface area contributed by atoms with E-state index >= 15 is 0 Å². The third-order valence-electron chi connectivity index (χ3n) is 3.48. The standard InChI is InChI=1S/C17H20S2/c1-10(2)13-6-11-7-15-12(8-14(11)18-13)9-16(19-15)17(3,4)5/h6-10H,1-5H3. The van der Waals surface area contributed by atoms with Gasteiger partial charge in [0.15, 0.2) is 0 Å². The largest absolute Gasteiger partial charge is 0.140 e. The lowest BCUT2D eigenvalue weighted by molar-refractivity contribution is 0.604. The van der Waals surface area contributed by atoms with Crippen LogP contribution in [0.1, 0.15) is 50.3 Å². The third kappa shape index (κ3) is 2.32. The van der Waals surface area contributed by atoms with E-state index in [0.717, 1.165) is 0 Å². The molecule has 0 unspecified atom stereocenters. The molecule has 0 saturated carbocycles. The molecule has 0 amide bonds. The molecule has 1 aromatic carbocycles. The lowest BCUT2D eigenvalue weighted by Gasteiger charge is -2.14. The molecule has 0 aliphatic carbocycles. The lowest BCUT2D eigenvalue weighted by Crippen LogP contribution is -2.07. The average molecular weight is 288 g/mol. The summed E-state index contributed by atoms with van der Waals surface area (Å²) in [6.45, 7) is 11.4. The Morgan fingerprint density at radius 2 is 1.42 bits per heavy atom. The van der Waals surface area contributed by atoms with Crippen molar-refractivity contribution in [3.05, 3.63) is 34.0 Å². The number of rotatable bonds is 1. The van der Waals surface area contributed by atoms with E-state index in [4.69, 9.17) is 0 Å². The molecule has 19 heavy (non-hydrogen) atoms. The van der Waals surface area contributed by atoms with Crippen molar-refractivity contribution in [3.8, 4) is 0 Å². The first-order valence-corrected chi connectivity index (χ1v) is 8.45. The van der Waals surface area contributed by atoms with E-state index in [2.05, 4.69) is 58.9 Å². The highest BCUT2D eigenvalue weighted by Crippen LogP contribution is 2.39. The third-order valence-corrected chi connectivity index (χ3v) is 6.40. The summed E-state index contributed by atoms with van der Waals surface area (Å²) in [5.74, 6) is 0.626. The Labute approximate surface area is 123 Å². The van der Waals surface area contributed by atoms with Crippen molar-refractivity contribution in [3.63, 3.8) is 0 Å². The highest BCUT2D eigenvalue weighted by Gasteiger charge is 2.17. The maximum Gasteiger partial charge on any atom is 0.0352 e. The van der Waals surface area contributed by atoms with Crippen LogP contribution in [0.2, 0.25) is 0 Å². The van der Waals surface area contributed by atoms with Crippen LogP contribution in [-0.2, 0) is 5.41 Å². The molecule has 2 aromatic heterocycles. The summed E-state index contributed by atoms with van der Waals surface area (Å²) in [4.78, 5) is 2.97. The zero-order valence-electron chi connectivity index (χ0n) is 12.2. The Kier molecular flexibility index (Phi) is 2.99. The van der Waals surface area contributed by atoms with E-state index in [0.29, 0.717) is 5.92 Å². The normalized spacial score (nSPS) is 12.9. The van der Waals surface area contributed by atoms with Gasteiger partial charge in [-0.3, -0.25) is 0 Å². The molecule has 0 spiro atoms. The summed E-state index contributed by atoms with van der Waals surface area (Å²) in [5, 5.41) is 2.81. The smallest absolute Gasteiger partial charge is 0.0352 e. The molecule has 0 saturated heterocycles. The molecule has 100 valence electrons. The predicted molar refractivity (Wildman–Crippen MR) is 90.0 cm³/mol. The van der Waals surface area contributed by atoms with Crippen molar-refractivity contribution >= 4 is 42.8 Å². The molecule has 0 N–H and O–H groups in total. The minimum atomic E-state index is 0.250. The highest BCUT2D eigenvalue weighted by atomic mass is 32.1. The number of fused-ring (bicyclic) bond motifs is 2. The van der Waals surface area contributed by atoms with Gasteiger partial charge in [-0.1, -0.05) is 34.6 Å². The molecule has 0 bridgehead atoms. The summed E-state index contributed by atoms with van der Waals surface area (Å²) >= 11 is 3.88. The summed E-state index contributed by atoms with van der Waals surface area (Å²) in [6.07, 6.45) is 0. The number of benzene rings is 1. The van der Waals surface area contributed by atoms with Crippen molar-refractivity contribution in [2.45, 2.75) is 46.0 Å². The average Bonchev–Trinajstić information content (AvgIpc) is 2.86. The van der Waals surface area contributed by atoms with Crippen LogP contribution in [0.4, 0.5) is 0 Å². The molecule has 3 aromatic rings. The van der Waals surface area contributed by atoms with Crippen molar-refractivity contribution in [2.24, 2.45) is 0 Å². The summed E-state index contributed by atoms with van der Waals surface area (Å²) in [7, 11) is 0. The van der Waals surface area contributed by atoms with Gasteiger partial charge in [0.25, 0.3) is 0 Å². The molecular weight excluding hydrogens is 268 g/mol. The predicted octanol–water partition coefficient (Wildman–Crippen LogP) is 6.54. The van der Waals surface area contributed by atoms with E-state index in [-0.39, 0.29) is 5.41 Å². The summed E-state index contributed by atoms with van der Waals surface area (Å²) in [5.41, 5.74) is 0.250. The fraction of sp³-hybridized carbons (Fsp3) is 0.412. The minimum Gasteiger partial charge on any atom is -0.140 e. The molecule has 2 heteroatoms. The quantitative estimate of drug-likeness (QED) is 0.477. The van der Waals surface area contributed by atoms with E-state index in [1.165, 1.54) is 29.9 Å². The fourth-order valence-corrected chi connectivity index (χ4v) is 4.49. The molecule has 0 aliphatic heterocycles. The van der Waals surface area contributed by atoms with E-state index < -0.39 is 0 Å². The molecule has 0 aliphatic rings. The maximum absolute atomic E-state index is 2.37. The van der Waals surface area contributed by atoms with E-state index in [9.17, 15) is 0 Å². The van der Waals surface area contributed by atoms with Gasteiger partial charge in [-0.05, 0) is 46.4 Å². The second kappa shape index (κ2) is 4.32. The van der Waals surface area contributed by atoms with Crippen LogP contribution in [0.15, 0.2) is 24.3 Å². The van der Waals surface area contributed by atoms with Gasteiger partial charge in [0.05, 0.1) is 0 Å². The second-order valence-corrected chi connectivity index (χ2v) is 8.79.